The molecule has 0 aromatic heterocycles. The molecule has 5 heteroatoms. The van der Waals surface area contributed by atoms with Crippen LogP contribution in [0.1, 0.15) is 29.2 Å². The van der Waals surface area contributed by atoms with Crippen LogP contribution in [0.2, 0.25) is 0 Å². The summed E-state index contributed by atoms with van der Waals surface area (Å²) in [7, 11) is 1.63. The number of ether oxygens (including phenoxy) is 2. The molecule has 23 heavy (non-hydrogen) atoms. The molecular weight excluding hydrogens is 297 g/mol. The zero-order valence-electron chi connectivity index (χ0n) is 12.7. The van der Waals surface area contributed by atoms with Crippen LogP contribution in [0.25, 0.3) is 0 Å². The van der Waals surface area contributed by atoms with Gasteiger partial charge in [-0.15, -0.1) is 0 Å². The predicted octanol–water partition coefficient (Wildman–Crippen LogP) is 3.63. The van der Waals surface area contributed by atoms with Gasteiger partial charge in [0.1, 0.15) is 5.82 Å². The second kappa shape index (κ2) is 5.57. The van der Waals surface area contributed by atoms with E-state index in [1.807, 2.05) is 6.07 Å². The van der Waals surface area contributed by atoms with E-state index in [1.54, 1.807) is 19.2 Å². The standard InChI is InChI=1S/C18H16FNO3/c1-21-17-9-13(8-12-6-7-22-18(12)17)15-10-16(23-20-15)11-2-4-14(19)5-3-11/h2-5,8-9,16H,6-7,10H2,1H3. The molecule has 2 aromatic carbocycles. The molecule has 0 spiro atoms. The number of oxime groups is 1. The van der Waals surface area contributed by atoms with Gasteiger partial charge >= 0.3 is 0 Å². The number of fused-ring (bicyclic) bond motifs is 1. The van der Waals surface area contributed by atoms with Crippen molar-refractivity contribution in [1.29, 1.82) is 0 Å². The van der Waals surface area contributed by atoms with Gasteiger partial charge in [0.05, 0.1) is 19.4 Å². The molecule has 0 bridgehead atoms. The molecule has 4 nitrogen and oxygen atoms in total. The lowest BCUT2D eigenvalue weighted by atomic mass is 9.98. The van der Waals surface area contributed by atoms with Gasteiger partial charge in [0.25, 0.3) is 0 Å². The zero-order valence-corrected chi connectivity index (χ0v) is 12.7. The van der Waals surface area contributed by atoms with Crippen LogP contribution in [0.15, 0.2) is 41.6 Å². The van der Waals surface area contributed by atoms with Crippen molar-refractivity contribution in [2.24, 2.45) is 5.16 Å². The number of halogens is 1. The molecule has 2 aliphatic heterocycles. The Labute approximate surface area is 133 Å². The van der Waals surface area contributed by atoms with Gasteiger partial charge in [-0.3, -0.25) is 0 Å². The molecule has 0 fully saturated rings. The first-order valence-corrected chi connectivity index (χ1v) is 7.57. The van der Waals surface area contributed by atoms with E-state index in [2.05, 4.69) is 11.2 Å². The Kier molecular flexibility index (Phi) is 3.41. The largest absolute Gasteiger partial charge is 0.493 e. The minimum Gasteiger partial charge on any atom is -0.493 e. The second-order valence-corrected chi connectivity index (χ2v) is 5.65. The van der Waals surface area contributed by atoms with Crippen molar-refractivity contribution in [3.05, 3.63) is 58.9 Å². The van der Waals surface area contributed by atoms with E-state index in [-0.39, 0.29) is 11.9 Å². The topological polar surface area (TPSA) is 40.0 Å². The smallest absolute Gasteiger partial charge is 0.164 e. The Hall–Kier alpha value is -2.56. The molecular formula is C18H16FNO3. The summed E-state index contributed by atoms with van der Waals surface area (Å²) in [6.45, 7) is 0.677. The van der Waals surface area contributed by atoms with Crippen molar-refractivity contribution in [2.75, 3.05) is 13.7 Å². The molecule has 0 saturated carbocycles. The maximum atomic E-state index is 13.0. The molecule has 0 saturated heterocycles. The van der Waals surface area contributed by atoms with Crippen molar-refractivity contribution in [2.45, 2.75) is 18.9 Å². The number of methoxy groups -OCH3 is 1. The quantitative estimate of drug-likeness (QED) is 0.868. The van der Waals surface area contributed by atoms with E-state index in [0.717, 1.165) is 40.3 Å². The van der Waals surface area contributed by atoms with Gasteiger partial charge in [-0.25, -0.2) is 4.39 Å². The lowest BCUT2D eigenvalue weighted by molar-refractivity contribution is 0.0857. The first kappa shape index (κ1) is 14.1. The fourth-order valence-electron chi connectivity index (χ4n) is 2.99. The third-order valence-corrected chi connectivity index (χ3v) is 4.21. The van der Waals surface area contributed by atoms with Crippen LogP contribution in [0.4, 0.5) is 4.39 Å². The maximum Gasteiger partial charge on any atom is 0.164 e. The van der Waals surface area contributed by atoms with Gasteiger partial charge in [-0.2, -0.15) is 0 Å². The van der Waals surface area contributed by atoms with Crippen molar-refractivity contribution in [1.82, 2.24) is 0 Å². The van der Waals surface area contributed by atoms with Crippen molar-refractivity contribution < 1.29 is 18.7 Å². The molecule has 1 unspecified atom stereocenters. The summed E-state index contributed by atoms with van der Waals surface area (Å²) in [6.07, 6.45) is 1.34. The molecule has 1 atom stereocenters. The first-order valence-electron chi connectivity index (χ1n) is 7.57. The summed E-state index contributed by atoms with van der Waals surface area (Å²) in [6, 6.07) is 10.4. The number of hydrogen-bond acceptors (Lipinski definition) is 4. The SMILES string of the molecule is COc1cc(C2=NOC(c3ccc(F)cc3)C2)cc2c1OCC2. The van der Waals surface area contributed by atoms with E-state index >= 15 is 0 Å². The molecule has 0 aliphatic carbocycles. The van der Waals surface area contributed by atoms with Crippen LogP contribution in [0.3, 0.4) is 0 Å². The van der Waals surface area contributed by atoms with Crippen LogP contribution >= 0.6 is 0 Å². The van der Waals surface area contributed by atoms with Crippen molar-refractivity contribution in [3.8, 4) is 11.5 Å². The molecule has 2 heterocycles. The van der Waals surface area contributed by atoms with Crippen LogP contribution in [0.5, 0.6) is 11.5 Å². The molecule has 2 aliphatic rings. The van der Waals surface area contributed by atoms with Gasteiger partial charge in [-0.1, -0.05) is 17.3 Å². The highest BCUT2D eigenvalue weighted by Crippen LogP contribution is 2.38. The average molecular weight is 313 g/mol. The summed E-state index contributed by atoms with van der Waals surface area (Å²) < 4.78 is 24.1. The zero-order chi connectivity index (χ0) is 15.8. The van der Waals surface area contributed by atoms with Gasteiger partial charge in [0.15, 0.2) is 17.6 Å². The summed E-state index contributed by atoms with van der Waals surface area (Å²) in [4.78, 5) is 5.53. The monoisotopic (exact) mass is 313 g/mol. The van der Waals surface area contributed by atoms with Crippen LogP contribution in [0, 0.1) is 5.82 Å². The number of rotatable bonds is 3. The van der Waals surface area contributed by atoms with Crippen LogP contribution < -0.4 is 9.47 Å². The summed E-state index contributed by atoms with van der Waals surface area (Å²) in [5.41, 5.74) is 3.90. The highest BCUT2D eigenvalue weighted by Gasteiger charge is 2.26. The highest BCUT2D eigenvalue weighted by molar-refractivity contribution is 6.02. The summed E-state index contributed by atoms with van der Waals surface area (Å²) in [5, 5.41) is 4.21. The lowest BCUT2D eigenvalue weighted by Crippen LogP contribution is -2.03. The molecule has 0 amide bonds. The predicted molar refractivity (Wildman–Crippen MR) is 83.6 cm³/mol. The van der Waals surface area contributed by atoms with Gasteiger partial charge in [0.2, 0.25) is 0 Å². The Morgan fingerprint density at radius 1 is 1.22 bits per heavy atom. The Morgan fingerprint density at radius 3 is 2.83 bits per heavy atom. The molecule has 0 radical (unpaired) electrons. The van der Waals surface area contributed by atoms with Gasteiger partial charge < -0.3 is 14.3 Å². The van der Waals surface area contributed by atoms with Crippen LogP contribution in [-0.4, -0.2) is 19.4 Å². The third-order valence-electron chi connectivity index (χ3n) is 4.21. The van der Waals surface area contributed by atoms with E-state index in [0.29, 0.717) is 13.0 Å². The van der Waals surface area contributed by atoms with E-state index in [1.165, 1.54) is 12.1 Å². The molecule has 2 aromatic rings. The van der Waals surface area contributed by atoms with Gasteiger partial charge in [0, 0.05) is 24.0 Å². The van der Waals surface area contributed by atoms with E-state index < -0.39 is 0 Å². The number of nitrogens with zero attached hydrogens (tertiary/aromatic N) is 1. The van der Waals surface area contributed by atoms with Crippen LogP contribution in [-0.2, 0) is 11.3 Å². The second-order valence-electron chi connectivity index (χ2n) is 5.65. The minimum atomic E-state index is -0.253. The molecule has 4 rings (SSSR count). The van der Waals surface area contributed by atoms with Gasteiger partial charge in [-0.05, 0) is 29.8 Å². The fraction of sp³-hybridized carbons (Fsp3) is 0.278. The fourth-order valence-corrected chi connectivity index (χ4v) is 2.99. The normalized spacial score (nSPS) is 18.9. The van der Waals surface area contributed by atoms with Crippen molar-refractivity contribution >= 4 is 5.71 Å². The lowest BCUT2D eigenvalue weighted by Gasteiger charge is -2.10. The van der Waals surface area contributed by atoms with E-state index in [4.69, 9.17) is 14.3 Å². The molecule has 0 N–H and O–H groups in total. The van der Waals surface area contributed by atoms with E-state index in [9.17, 15) is 4.39 Å². The highest BCUT2D eigenvalue weighted by atomic mass is 19.1. The Bertz CT molecular complexity index is 771. The Morgan fingerprint density at radius 2 is 2.04 bits per heavy atom. The average Bonchev–Trinajstić information content (AvgIpc) is 3.23. The third kappa shape index (κ3) is 2.52. The summed E-state index contributed by atoms with van der Waals surface area (Å²) in [5.74, 6) is 1.30. The molecule has 118 valence electrons. The van der Waals surface area contributed by atoms with Crippen molar-refractivity contribution in [3.63, 3.8) is 0 Å². The number of benzene rings is 2. The maximum absolute atomic E-state index is 13.0. The first-order chi connectivity index (χ1) is 11.2. The Balaban J connectivity index is 1.59. The summed E-state index contributed by atoms with van der Waals surface area (Å²) >= 11 is 0. The minimum absolute atomic E-state index is 0.180. The number of hydrogen-bond donors (Lipinski definition) is 0.